The average Bonchev–Trinajstić information content (AvgIpc) is 2.96. The summed E-state index contributed by atoms with van der Waals surface area (Å²) in [5.41, 5.74) is 2.29. The van der Waals surface area contributed by atoms with E-state index in [0.29, 0.717) is 11.7 Å². The van der Waals surface area contributed by atoms with Gasteiger partial charge in [0.05, 0.1) is 0 Å². The predicted octanol–water partition coefficient (Wildman–Crippen LogP) is 4.63. The molecule has 0 N–H and O–H groups in total. The second-order valence-corrected chi connectivity index (χ2v) is 5.98. The van der Waals surface area contributed by atoms with Crippen molar-refractivity contribution in [2.45, 2.75) is 44.9 Å². The molecule has 0 radical (unpaired) electrons. The van der Waals surface area contributed by atoms with Gasteiger partial charge in [-0.25, -0.2) is 0 Å². The Bertz CT molecular complexity index is 466. The van der Waals surface area contributed by atoms with Gasteiger partial charge in [0.15, 0.2) is 5.78 Å². The van der Waals surface area contributed by atoms with Crippen LogP contribution in [0.3, 0.4) is 0 Å². The minimum absolute atomic E-state index is 0.395. The summed E-state index contributed by atoms with van der Waals surface area (Å²) in [6.45, 7) is 0. The van der Waals surface area contributed by atoms with Gasteiger partial charge in [-0.2, -0.15) is 0 Å². The van der Waals surface area contributed by atoms with Crippen molar-refractivity contribution in [1.82, 2.24) is 0 Å². The summed E-state index contributed by atoms with van der Waals surface area (Å²) in [5, 5.41) is 0. The monoisotopic (exact) mass is 254 g/mol. The fraction of sp³-hybridized carbons (Fsp3) is 0.500. The molecule has 1 aromatic carbocycles. The second-order valence-electron chi connectivity index (χ2n) is 5.98. The van der Waals surface area contributed by atoms with Gasteiger partial charge in [0.2, 0.25) is 0 Å². The molecular formula is C18H22O. The van der Waals surface area contributed by atoms with Crippen molar-refractivity contribution < 1.29 is 4.79 Å². The Morgan fingerprint density at radius 2 is 1.68 bits per heavy atom. The summed E-state index contributed by atoms with van der Waals surface area (Å²) in [6.07, 6.45) is 10.6. The van der Waals surface area contributed by atoms with E-state index >= 15 is 0 Å². The maximum Gasteiger partial charge on any atom is 0.159 e. The van der Waals surface area contributed by atoms with E-state index in [0.717, 1.165) is 24.3 Å². The Labute approximate surface area is 115 Å². The molecule has 3 rings (SSSR count). The number of Topliss-reactive ketones (excluding diaryl/α,β-unsaturated/α-hetero) is 1. The fourth-order valence-corrected chi connectivity index (χ4v) is 3.75. The molecule has 1 aromatic rings. The normalized spacial score (nSPS) is 27.1. The van der Waals surface area contributed by atoms with Gasteiger partial charge >= 0.3 is 0 Å². The third-order valence-electron chi connectivity index (χ3n) is 4.73. The molecule has 1 heteroatoms. The second kappa shape index (κ2) is 5.73. The minimum Gasteiger partial charge on any atom is -0.295 e. The number of allylic oxidation sites excluding steroid dienone is 1. The van der Waals surface area contributed by atoms with E-state index in [1.807, 2.05) is 18.2 Å². The van der Waals surface area contributed by atoms with Crippen LogP contribution in [-0.4, -0.2) is 5.78 Å². The Morgan fingerprint density at radius 3 is 2.42 bits per heavy atom. The van der Waals surface area contributed by atoms with Crippen molar-refractivity contribution in [3.05, 3.63) is 41.5 Å². The minimum atomic E-state index is 0.395. The molecule has 2 aliphatic rings. The average molecular weight is 254 g/mol. The lowest BCUT2D eigenvalue weighted by atomic mass is 9.74. The maximum atomic E-state index is 12.3. The molecule has 0 spiro atoms. The van der Waals surface area contributed by atoms with Gasteiger partial charge in [-0.15, -0.1) is 0 Å². The van der Waals surface area contributed by atoms with Crippen LogP contribution in [0.15, 0.2) is 35.9 Å². The molecule has 1 atom stereocenters. The van der Waals surface area contributed by atoms with Crippen molar-refractivity contribution in [3.63, 3.8) is 0 Å². The Hall–Kier alpha value is -1.37. The zero-order valence-electron chi connectivity index (χ0n) is 11.5. The van der Waals surface area contributed by atoms with Crippen molar-refractivity contribution in [1.29, 1.82) is 0 Å². The number of carbonyl (C=O) groups excluding carboxylic acids is 1. The van der Waals surface area contributed by atoms with Gasteiger partial charge < -0.3 is 0 Å². The molecular weight excluding hydrogens is 232 g/mol. The first-order valence-corrected chi connectivity index (χ1v) is 7.64. The summed E-state index contributed by atoms with van der Waals surface area (Å²) in [4.78, 5) is 12.3. The first kappa shape index (κ1) is 12.7. The highest BCUT2D eigenvalue weighted by Crippen LogP contribution is 2.41. The van der Waals surface area contributed by atoms with Gasteiger partial charge in [0.1, 0.15) is 0 Å². The van der Waals surface area contributed by atoms with Gasteiger partial charge in [-0.05, 0) is 54.7 Å². The molecule has 1 unspecified atom stereocenters. The van der Waals surface area contributed by atoms with Crippen molar-refractivity contribution >= 4 is 11.9 Å². The third-order valence-corrected chi connectivity index (χ3v) is 4.73. The molecule has 1 nitrogen and oxygen atoms in total. The zero-order chi connectivity index (χ0) is 13.1. The summed E-state index contributed by atoms with van der Waals surface area (Å²) in [7, 11) is 0. The van der Waals surface area contributed by atoms with Crippen LogP contribution in [0, 0.1) is 11.8 Å². The van der Waals surface area contributed by atoms with E-state index in [9.17, 15) is 4.79 Å². The Balaban J connectivity index is 1.89. The summed E-state index contributed by atoms with van der Waals surface area (Å²) in [5.74, 6) is 1.69. The first-order valence-electron chi connectivity index (χ1n) is 7.64. The molecule has 0 heterocycles. The van der Waals surface area contributed by atoms with E-state index in [2.05, 4.69) is 18.2 Å². The van der Waals surface area contributed by atoms with Crippen LogP contribution >= 0.6 is 0 Å². The standard InChI is InChI=1S/C18H22O/c19-18-12-6-11-16(15-9-4-5-10-15)17(18)13-14-7-2-1-3-8-14/h1-3,7-8,13,15-16H,4-6,9-12H2/b17-13-. The smallest absolute Gasteiger partial charge is 0.159 e. The quantitative estimate of drug-likeness (QED) is 0.703. The number of rotatable bonds is 2. The molecule has 2 fully saturated rings. The van der Waals surface area contributed by atoms with Crippen molar-refractivity contribution in [2.75, 3.05) is 0 Å². The molecule has 0 bridgehead atoms. The molecule has 19 heavy (non-hydrogen) atoms. The van der Waals surface area contributed by atoms with Gasteiger partial charge in [0.25, 0.3) is 0 Å². The predicted molar refractivity (Wildman–Crippen MR) is 78.7 cm³/mol. The summed E-state index contributed by atoms with van der Waals surface area (Å²) in [6, 6.07) is 10.3. The Morgan fingerprint density at radius 1 is 0.947 bits per heavy atom. The van der Waals surface area contributed by atoms with Crippen LogP contribution in [0.2, 0.25) is 0 Å². The molecule has 2 aliphatic carbocycles. The van der Waals surface area contributed by atoms with Crippen LogP contribution in [-0.2, 0) is 4.79 Å². The van der Waals surface area contributed by atoms with Gasteiger partial charge in [0, 0.05) is 6.42 Å². The molecule has 100 valence electrons. The Kier molecular flexibility index (Phi) is 3.82. The highest BCUT2D eigenvalue weighted by Gasteiger charge is 2.33. The molecule has 0 saturated heterocycles. The van der Waals surface area contributed by atoms with Crippen LogP contribution in [0.25, 0.3) is 6.08 Å². The zero-order valence-corrected chi connectivity index (χ0v) is 11.5. The summed E-state index contributed by atoms with van der Waals surface area (Å²) < 4.78 is 0. The highest BCUT2D eigenvalue weighted by molar-refractivity contribution is 6.00. The fourth-order valence-electron chi connectivity index (χ4n) is 3.75. The topological polar surface area (TPSA) is 17.1 Å². The largest absolute Gasteiger partial charge is 0.295 e. The number of hydrogen-bond acceptors (Lipinski definition) is 1. The summed E-state index contributed by atoms with van der Waals surface area (Å²) >= 11 is 0. The van der Waals surface area contributed by atoms with Crippen LogP contribution in [0.4, 0.5) is 0 Å². The van der Waals surface area contributed by atoms with Gasteiger partial charge in [-0.3, -0.25) is 4.79 Å². The molecule has 0 aromatic heterocycles. The van der Waals surface area contributed by atoms with Crippen molar-refractivity contribution in [2.24, 2.45) is 11.8 Å². The van der Waals surface area contributed by atoms with Crippen LogP contribution in [0.1, 0.15) is 50.5 Å². The van der Waals surface area contributed by atoms with E-state index in [1.165, 1.54) is 37.7 Å². The van der Waals surface area contributed by atoms with E-state index in [4.69, 9.17) is 0 Å². The van der Waals surface area contributed by atoms with E-state index in [1.54, 1.807) is 0 Å². The van der Waals surface area contributed by atoms with E-state index < -0.39 is 0 Å². The van der Waals surface area contributed by atoms with Crippen molar-refractivity contribution in [3.8, 4) is 0 Å². The lowest BCUT2D eigenvalue weighted by molar-refractivity contribution is -0.117. The lowest BCUT2D eigenvalue weighted by Crippen LogP contribution is -2.24. The molecule has 0 aliphatic heterocycles. The van der Waals surface area contributed by atoms with Crippen LogP contribution in [0.5, 0.6) is 0 Å². The number of hydrogen-bond donors (Lipinski definition) is 0. The molecule has 0 amide bonds. The number of carbonyl (C=O) groups is 1. The SMILES string of the molecule is O=C1CCCC(C2CCCC2)/C1=C/c1ccccc1. The number of ketones is 1. The first-order chi connectivity index (χ1) is 9.34. The number of benzene rings is 1. The molecule has 2 saturated carbocycles. The lowest BCUT2D eigenvalue weighted by Gasteiger charge is -2.29. The van der Waals surface area contributed by atoms with Crippen LogP contribution < -0.4 is 0 Å². The highest BCUT2D eigenvalue weighted by atomic mass is 16.1. The van der Waals surface area contributed by atoms with Gasteiger partial charge in [-0.1, -0.05) is 43.2 Å². The third kappa shape index (κ3) is 2.80. The maximum absolute atomic E-state index is 12.3. The van der Waals surface area contributed by atoms with E-state index in [-0.39, 0.29) is 0 Å².